The van der Waals surface area contributed by atoms with Gasteiger partial charge in [0.15, 0.2) is 5.82 Å². The quantitative estimate of drug-likeness (QED) is 0.581. The molecule has 0 saturated heterocycles. The second kappa shape index (κ2) is 8.26. The second-order valence-corrected chi connectivity index (χ2v) is 5.83. The van der Waals surface area contributed by atoms with Crippen LogP contribution >= 0.6 is 0 Å². The molecule has 0 aliphatic carbocycles. The highest BCUT2D eigenvalue weighted by Gasteiger charge is 2.07. The van der Waals surface area contributed by atoms with Gasteiger partial charge in [0, 0.05) is 42.8 Å². The van der Waals surface area contributed by atoms with Crippen LogP contribution in [-0.2, 0) is 0 Å². The van der Waals surface area contributed by atoms with Gasteiger partial charge in [-0.05, 0) is 32.0 Å². The molecule has 3 N–H and O–H groups in total. The highest BCUT2D eigenvalue weighted by Crippen LogP contribution is 2.17. The van der Waals surface area contributed by atoms with Gasteiger partial charge in [0.05, 0.1) is 0 Å². The fourth-order valence-electron chi connectivity index (χ4n) is 2.44. The van der Waals surface area contributed by atoms with Gasteiger partial charge in [0.1, 0.15) is 17.5 Å². The maximum absolute atomic E-state index is 13.5. The second-order valence-electron chi connectivity index (χ2n) is 5.83. The van der Waals surface area contributed by atoms with Gasteiger partial charge in [0.2, 0.25) is 0 Å². The van der Waals surface area contributed by atoms with E-state index in [1.165, 1.54) is 6.07 Å². The number of aryl methyl sites for hydroxylation is 1. The van der Waals surface area contributed by atoms with E-state index in [1.807, 2.05) is 6.07 Å². The van der Waals surface area contributed by atoms with E-state index in [0.29, 0.717) is 41.8 Å². The molecule has 2 heterocycles. The van der Waals surface area contributed by atoms with Crippen molar-refractivity contribution in [1.82, 2.24) is 25.1 Å². The number of urea groups is 1. The molecule has 0 aliphatic heterocycles. The van der Waals surface area contributed by atoms with Crippen LogP contribution < -0.4 is 16.0 Å². The van der Waals surface area contributed by atoms with Gasteiger partial charge >= 0.3 is 6.03 Å². The number of aromatic nitrogens is 4. The van der Waals surface area contributed by atoms with Crippen LogP contribution in [0.2, 0.25) is 0 Å². The minimum absolute atomic E-state index is 0.360. The summed E-state index contributed by atoms with van der Waals surface area (Å²) in [5.74, 6) is 1.54. The first-order valence-corrected chi connectivity index (χ1v) is 8.42. The zero-order chi connectivity index (χ0) is 19.2. The van der Waals surface area contributed by atoms with Crippen molar-refractivity contribution in [3.8, 4) is 5.82 Å². The lowest BCUT2D eigenvalue weighted by Crippen LogP contribution is -2.33. The minimum Gasteiger partial charge on any atom is -0.368 e. The third-order valence-electron chi connectivity index (χ3n) is 3.80. The van der Waals surface area contributed by atoms with Crippen molar-refractivity contribution in [3.63, 3.8) is 0 Å². The maximum atomic E-state index is 13.5. The number of hydrogen-bond acceptors (Lipinski definition) is 5. The molecule has 0 radical (unpaired) electrons. The number of rotatable bonds is 6. The van der Waals surface area contributed by atoms with E-state index < -0.39 is 6.03 Å². The highest BCUT2D eigenvalue weighted by atomic mass is 19.1. The van der Waals surface area contributed by atoms with E-state index >= 15 is 0 Å². The fourth-order valence-corrected chi connectivity index (χ4v) is 2.44. The Bertz CT molecular complexity index is 927. The summed E-state index contributed by atoms with van der Waals surface area (Å²) >= 11 is 0. The predicted molar refractivity (Wildman–Crippen MR) is 101 cm³/mol. The Morgan fingerprint density at radius 2 is 2.04 bits per heavy atom. The molecule has 0 fully saturated rings. The third kappa shape index (κ3) is 4.78. The van der Waals surface area contributed by atoms with E-state index in [-0.39, 0.29) is 5.82 Å². The SMILES string of the molecule is Cc1nc(NCCNC(=O)Nc2cccc(F)c2C)cc(-n2cccn2)n1. The highest BCUT2D eigenvalue weighted by molar-refractivity contribution is 5.90. The molecule has 140 valence electrons. The lowest BCUT2D eigenvalue weighted by Gasteiger charge is -2.11. The summed E-state index contributed by atoms with van der Waals surface area (Å²) in [6, 6.07) is 7.74. The summed E-state index contributed by atoms with van der Waals surface area (Å²) in [6.07, 6.45) is 3.47. The topological polar surface area (TPSA) is 96.8 Å². The third-order valence-corrected chi connectivity index (χ3v) is 3.80. The van der Waals surface area contributed by atoms with Crippen molar-refractivity contribution in [2.45, 2.75) is 13.8 Å². The van der Waals surface area contributed by atoms with Crippen LogP contribution in [0.15, 0.2) is 42.7 Å². The molecule has 2 aromatic heterocycles. The van der Waals surface area contributed by atoms with Crippen molar-refractivity contribution in [3.05, 3.63) is 59.9 Å². The van der Waals surface area contributed by atoms with Crippen molar-refractivity contribution in [2.75, 3.05) is 23.7 Å². The van der Waals surface area contributed by atoms with Crippen LogP contribution in [0.4, 0.5) is 20.7 Å². The van der Waals surface area contributed by atoms with Crippen LogP contribution in [0.1, 0.15) is 11.4 Å². The zero-order valence-electron chi connectivity index (χ0n) is 15.0. The Labute approximate surface area is 155 Å². The molecule has 0 atom stereocenters. The lowest BCUT2D eigenvalue weighted by atomic mass is 10.2. The number of nitrogens with one attached hydrogen (secondary N) is 3. The number of carbonyl (C=O) groups excluding carboxylic acids is 1. The first-order chi connectivity index (χ1) is 13.0. The molecule has 2 amide bonds. The maximum Gasteiger partial charge on any atom is 0.319 e. The minimum atomic E-state index is -0.401. The van der Waals surface area contributed by atoms with Crippen molar-refractivity contribution in [2.24, 2.45) is 0 Å². The molecular weight excluding hydrogens is 349 g/mol. The zero-order valence-corrected chi connectivity index (χ0v) is 15.0. The van der Waals surface area contributed by atoms with E-state index in [4.69, 9.17) is 0 Å². The molecule has 1 aromatic carbocycles. The van der Waals surface area contributed by atoms with E-state index in [0.717, 1.165) is 0 Å². The molecule has 0 saturated carbocycles. The summed E-state index contributed by atoms with van der Waals surface area (Å²) in [4.78, 5) is 20.6. The Balaban J connectivity index is 1.50. The van der Waals surface area contributed by atoms with Gasteiger partial charge in [-0.1, -0.05) is 6.07 Å². The van der Waals surface area contributed by atoms with Gasteiger partial charge in [-0.25, -0.2) is 23.8 Å². The van der Waals surface area contributed by atoms with Crippen molar-refractivity contribution < 1.29 is 9.18 Å². The molecule has 0 aliphatic rings. The number of nitrogens with zero attached hydrogens (tertiary/aromatic N) is 4. The van der Waals surface area contributed by atoms with Gasteiger partial charge in [-0.15, -0.1) is 0 Å². The Morgan fingerprint density at radius 1 is 1.19 bits per heavy atom. The Hall–Kier alpha value is -3.49. The largest absolute Gasteiger partial charge is 0.368 e. The fraction of sp³-hybridized carbons (Fsp3) is 0.222. The molecule has 3 aromatic rings. The van der Waals surface area contributed by atoms with Gasteiger partial charge in [0.25, 0.3) is 0 Å². The monoisotopic (exact) mass is 369 g/mol. The van der Waals surface area contributed by atoms with Crippen LogP contribution in [0.25, 0.3) is 5.82 Å². The standard InChI is InChI=1S/C18H20FN7O/c1-12-14(19)5-3-6-15(12)25-18(27)21-9-8-20-16-11-17(24-13(2)23-16)26-10-4-7-22-26/h3-7,10-11H,8-9H2,1-2H3,(H,20,23,24)(H2,21,25,27). The number of carbonyl (C=O) groups is 1. The molecular formula is C18H20FN7O. The van der Waals surface area contributed by atoms with Crippen LogP contribution in [0, 0.1) is 19.7 Å². The van der Waals surface area contributed by atoms with Crippen molar-refractivity contribution in [1.29, 1.82) is 0 Å². The van der Waals surface area contributed by atoms with Crippen LogP contribution in [0.5, 0.6) is 0 Å². The Morgan fingerprint density at radius 3 is 2.81 bits per heavy atom. The van der Waals surface area contributed by atoms with E-state index in [2.05, 4.69) is 31.0 Å². The number of anilines is 2. The summed E-state index contributed by atoms with van der Waals surface area (Å²) in [6.45, 7) is 4.23. The number of amides is 2. The van der Waals surface area contributed by atoms with Crippen molar-refractivity contribution >= 4 is 17.5 Å². The summed E-state index contributed by atoms with van der Waals surface area (Å²) in [5, 5.41) is 12.6. The molecule has 8 nitrogen and oxygen atoms in total. The van der Waals surface area contributed by atoms with Crippen LogP contribution in [-0.4, -0.2) is 38.9 Å². The normalized spacial score (nSPS) is 10.5. The molecule has 0 spiro atoms. The average Bonchev–Trinajstić information content (AvgIpc) is 3.17. The number of benzene rings is 1. The summed E-state index contributed by atoms with van der Waals surface area (Å²) in [5.41, 5.74) is 0.837. The number of hydrogen-bond donors (Lipinski definition) is 3. The first-order valence-electron chi connectivity index (χ1n) is 8.42. The molecule has 27 heavy (non-hydrogen) atoms. The lowest BCUT2D eigenvalue weighted by molar-refractivity contribution is 0.252. The average molecular weight is 369 g/mol. The summed E-state index contributed by atoms with van der Waals surface area (Å²) in [7, 11) is 0. The Kier molecular flexibility index (Phi) is 5.60. The smallest absolute Gasteiger partial charge is 0.319 e. The molecule has 0 bridgehead atoms. The molecule has 3 rings (SSSR count). The van der Waals surface area contributed by atoms with Gasteiger partial charge < -0.3 is 16.0 Å². The van der Waals surface area contributed by atoms with Gasteiger partial charge in [-0.2, -0.15) is 5.10 Å². The van der Waals surface area contributed by atoms with Crippen LogP contribution in [0.3, 0.4) is 0 Å². The van der Waals surface area contributed by atoms with E-state index in [1.54, 1.807) is 49.1 Å². The first kappa shape index (κ1) is 18.3. The summed E-state index contributed by atoms with van der Waals surface area (Å²) < 4.78 is 15.1. The predicted octanol–water partition coefficient (Wildman–Crippen LogP) is 2.65. The molecule has 0 unspecified atom stereocenters. The number of halogens is 1. The van der Waals surface area contributed by atoms with E-state index in [9.17, 15) is 9.18 Å². The molecule has 9 heteroatoms. The van der Waals surface area contributed by atoms with Gasteiger partial charge in [-0.3, -0.25) is 0 Å².